The van der Waals surface area contributed by atoms with Crippen LogP contribution in [0.2, 0.25) is 0 Å². The summed E-state index contributed by atoms with van der Waals surface area (Å²) >= 11 is 0. The molecule has 0 bridgehead atoms. The minimum Gasteiger partial charge on any atom is -0.380 e. The largest absolute Gasteiger partial charge is 0.380 e. The fourth-order valence-corrected chi connectivity index (χ4v) is 3.08. The van der Waals surface area contributed by atoms with E-state index < -0.39 is 0 Å². The number of halogens is 1. The number of methoxy groups -OCH3 is 1. The zero-order valence-electron chi connectivity index (χ0n) is 16.1. The van der Waals surface area contributed by atoms with E-state index in [-0.39, 0.29) is 30.1 Å². The molecule has 1 aromatic heterocycles. The molecule has 1 aliphatic rings. The Balaban J connectivity index is 0.00000261. The highest BCUT2D eigenvalue weighted by molar-refractivity contribution is 14.0. The normalized spacial score (nSPS) is 17.5. The average molecular weight is 485 g/mol. The highest BCUT2D eigenvalue weighted by Crippen LogP contribution is 2.21. The minimum atomic E-state index is 0. The lowest BCUT2D eigenvalue weighted by Crippen LogP contribution is -2.47. The number of aryl methyl sites for hydroxylation is 1. The van der Waals surface area contributed by atoms with Crippen molar-refractivity contribution >= 4 is 29.9 Å². The average Bonchev–Trinajstić information content (AvgIpc) is 3.11. The number of benzene rings is 1. The number of nitrogens with one attached hydrogen (secondary N) is 1. The maximum Gasteiger partial charge on any atom is 0.194 e. The second kappa shape index (κ2) is 10.6. The van der Waals surface area contributed by atoms with Gasteiger partial charge in [-0.3, -0.25) is 9.67 Å². The van der Waals surface area contributed by atoms with Gasteiger partial charge in [-0.15, -0.1) is 24.0 Å². The summed E-state index contributed by atoms with van der Waals surface area (Å²) in [5.41, 5.74) is 3.48. The smallest absolute Gasteiger partial charge is 0.194 e. The Bertz CT molecular complexity index is 732. The molecule has 2 heterocycles. The third-order valence-electron chi connectivity index (χ3n) is 4.46. The van der Waals surface area contributed by atoms with Gasteiger partial charge in [0.05, 0.1) is 26.0 Å². The first kappa shape index (κ1) is 21.6. The van der Waals surface area contributed by atoms with Crippen LogP contribution in [0.1, 0.15) is 22.8 Å². The number of guanidine groups is 1. The molecule has 1 atom stereocenters. The molecule has 1 N–H and O–H groups in total. The summed E-state index contributed by atoms with van der Waals surface area (Å²) in [5, 5.41) is 7.69. The number of nitrogens with zero attached hydrogens (tertiary/aromatic N) is 4. The Morgan fingerprint density at radius 1 is 1.33 bits per heavy atom. The van der Waals surface area contributed by atoms with Crippen molar-refractivity contribution < 1.29 is 9.47 Å². The summed E-state index contributed by atoms with van der Waals surface area (Å²) in [5.74, 6) is 0.892. The molecular formula is C19H28IN5O2. The monoisotopic (exact) mass is 485 g/mol. The second-order valence-electron chi connectivity index (χ2n) is 6.40. The molecule has 1 saturated heterocycles. The topological polar surface area (TPSA) is 63.9 Å². The van der Waals surface area contributed by atoms with Crippen molar-refractivity contribution in [2.45, 2.75) is 19.3 Å². The highest BCUT2D eigenvalue weighted by Gasteiger charge is 2.25. The Hall–Kier alpha value is -1.65. The Kier molecular flexibility index (Phi) is 8.52. The van der Waals surface area contributed by atoms with Crippen LogP contribution in [0, 0.1) is 0 Å². The van der Waals surface area contributed by atoms with E-state index in [1.54, 1.807) is 11.8 Å². The van der Waals surface area contributed by atoms with Crippen LogP contribution in [0.15, 0.2) is 41.7 Å². The van der Waals surface area contributed by atoms with Crippen LogP contribution >= 0.6 is 24.0 Å². The molecule has 1 unspecified atom stereocenters. The quantitative estimate of drug-likeness (QED) is 0.400. The van der Waals surface area contributed by atoms with Crippen molar-refractivity contribution in [3.63, 3.8) is 0 Å². The lowest BCUT2D eigenvalue weighted by molar-refractivity contribution is -0.00805. The molecule has 7 nitrogen and oxygen atoms in total. The van der Waals surface area contributed by atoms with Crippen molar-refractivity contribution in [2.24, 2.45) is 12.0 Å². The first-order valence-corrected chi connectivity index (χ1v) is 8.82. The zero-order chi connectivity index (χ0) is 18.4. The van der Waals surface area contributed by atoms with Crippen LogP contribution in [0.3, 0.4) is 0 Å². The Labute approximate surface area is 177 Å². The van der Waals surface area contributed by atoms with Gasteiger partial charge in [0.25, 0.3) is 0 Å². The van der Waals surface area contributed by atoms with Crippen LogP contribution in [0.25, 0.3) is 0 Å². The van der Waals surface area contributed by atoms with Crippen molar-refractivity contribution in [1.82, 2.24) is 20.0 Å². The van der Waals surface area contributed by atoms with Crippen molar-refractivity contribution in [2.75, 3.05) is 33.9 Å². The fourth-order valence-electron chi connectivity index (χ4n) is 3.08. The van der Waals surface area contributed by atoms with Gasteiger partial charge in [-0.25, -0.2) is 0 Å². The van der Waals surface area contributed by atoms with Gasteiger partial charge in [0, 0.05) is 46.1 Å². The molecule has 1 fully saturated rings. The van der Waals surface area contributed by atoms with E-state index in [1.807, 2.05) is 26.5 Å². The molecule has 0 amide bonds. The van der Waals surface area contributed by atoms with E-state index in [4.69, 9.17) is 9.47 Å². The van der Waals surface area contributed by atoms with E-state index in [2.05, 4.69) is 44.6 Å². The number of rotatable bonds is 5. The van der Waals surface area contributed by atoms with Crippen LogP contribution in [-0.2, 0) is 29.7 Å². The van der Waals surface area contributed by atoms with Gasteiger partial charge in [-0.05, 0) is 11.1 Å². The summed E-state index contributed by atoms with van der Waals surface area (Å²) in [7, 11) is 5.45. The molecule has 0 saturated carbocycles. The van der Waals surface area contributed by atoms with Gasteiger partial charge in [0.15, 0.2) is 5.96 Å². The number of aromatic nitrogens is 2. The van der Waals surface area contributed by atoms with Crippen LogP contribution < -0.4 is 5.32 Å². The minimum absolute atomic E-state index is 0. The van der Waals surface area contributed by atoms with E-state index in [0.29, 0.717) is 13.2 Å². The number of hydrogen-bond donors (Lipinski definition) is 1. The fraction of sp³-hybridized carbons (Fsp3) is 0.474. The third-order valence-corrected chi connectivity index (χ3v) is 4.46. The summed E-state index contributed by atoms with van der Waals surface area (Å²) in [6.07, 6.45) is 3.89. The van der Waals surface area contributed by atoms with Crippen LogP contribution in [0.5, 0.6) is 0 Å². The number of ether oxygens (including phenoxy) is 2. The molecule has 2 aromatic rings. The molecule has 27 heavy (non-hydrogen) atoms. The Morgan fingerprint density at radius 3 is 2.70 bits per heavy atom. The second-order valence-corrected chi connectivity index (χ2v) is 6.40. The third kappa shape index (κ3) is 5.91. The van der Waals surface area contributed by atoms with E-state index in [0.717, 1.165) is 31.2 Å². The molecule has 1 aromatic carbocycles. The first-order valence-electron chi connectivity index (χ1n) is 8.82. The SMILES string of the molecule is CN=C(NCc1ccc(COC)cc1)N1CCOC(c2cnn(C)c2)C1.I. The van der Waals surface area contributed by atoms with Gasteiger partial charge in [-0.1, -0.05) is 24.3 Å². The predicted molar refractivity (Wildman–Crippen MR) is 116 cm³/mol. The van der Waals surface area contributed by atoms with Gasteiger partial charge < -0.3 is 19.7 Å². The standard InChI is InChI=1S/C19H27N5O2.HI/c1-20-19(21-10-15-4-6-16(7-5-15)14-25-3)24-8-9-26-18(13-24)17-11-22-23(2)12-17;/h4-7,11-12,18H,8-10,13-14H2,1-3H3,(H,20,21);1H. The van der Waals surface area contributed by atoms with E-state index in [1.165, 1.54) is 11.1 Å². The molecule has 0 aliphatic carbocycles. The van der Waals surface area contributed by atoms with Crippen LogP contribution in [0.4, 0.5) is 0 Å². The molecule has 0 spiro atoms. The van der Waals surface area contributed by atoms with Gasteiger partial charge >= 0.3 is 0 Å². The molecule has 3 rings (SSSR count). The summed E-state index contributed by atoms with van der Waals surface area (Å²) in [4.78, 5) is 6.68. The molecule has 1 aliphatic heterocycles. The number of morpholine rings is 1. The van der Waals surface area contributed by atoms with Gasteiger partial charge in [0.2, 0.25) is 0 Å². The number of hydrogen-bond acceptors (Lipinski definition) is 4. The molecule has 8 heteroatoms. The van der Waals surface area contributed by atoms with Crippen molar-refractivity contribution in [1.29, 1.82) is 0 Å². The summed E-state index contributed by atoms with van der Waals surface area (Å²) in [6, 6.07) is 8.42. The maximum atomic E-state index is 5.91. The van der Waals surface area contributed by atoms with Crippen molar-refractivity contribution in [3.05, 3.63) is 53.3 Å². The van der Waals surface area contributed by atoms with Gasteiger partial charge in [-0.2, -0.15) is 5.10 Å². The Morgan fingerprint density at radius 2 is 2.07 bits per heavy atom. The van der Waals surface area contributed by atoms with Gasteiger partial charge in [0.1, 0.15) is 6.10 Å². The van der Waals surface area contributed by atoms with E-state index >= 15 is 0 Å². The lowest BCUT2D eigenvalue weighted by atomic mass is 10.1. The van der Waals surface area contributed by atoms with Crippen LogP contribution in [-0.4, -0.2) is 54.5 Å². The maximum absolute atomic E-state index is 5.91. The highest BCUT2D eigenvalue weighted by atomic mass is 127. The molecular weight excluding hydrogens is 457 g/mol. The number of aliphatic imine (C=N–C) groups is 1. The molecule has 148 valence electrons. The van der Waals surface area contributed by atoms with Crippen molar-refractivity contribution in [3.8, 4) is 0 Å². The van der Waals surface area contributed by atoms with E-state index in [9.17, 15) is 0 Å². The summed E-state index contributed by atoms with van der Waals surface area (Å²) < 4.78 is 12.9. The predicted octanol–water partition coefficient (Wildman–Crippen LogP) is 2.33. The zero-order valence-corrected chi connectivity index (χ0v) is 18.4. The first-order chi connectivity index (χ1) is 12.7. The molecule has 0 radical (unpaired) electrons. The summed E-state index contributed by atoms with van der Waals surface area (Å²) in [6.45, 7) is 3.63. The lowest BCUT2D eigenvalue weighted by Gasteiger charge is -2.34.